The van der Waals surface area contributed by atoms with E-state index >= 15 is 0 Å². The fraction of sp³-hybridized carbons (Fsp3) is 0.200. The second-order valence-electron chi connectivity index (χ2n) is 7.32. The van der Waals surface area contributed by atoms with Gasteiger partial charge in [-0.3, -0.25) is 19.7 Å². The molecule has 176 valence electrons. The first-order valence-corrected chi connectivity index (χ1v) is 10.6. The molecule has 0 aliphatic heterocycles. The first-order chi connectivity index (χ1) is 16.3. The van der Waals surface area contributed by atoms with Gasteiger partial charge >= 0.3 is 0 Å². The van der Waals surface area contributed by atoms with Crippen molar-refractivity contribution in [1.82, 2.24) is 5.32 Å². The highest BCUT2D eigenvalue weighted by atomic mass is 16.6. The van der Waals surface area contributed by atoms with Crippen molar-refractivity contribution in [3.8, 4) is 11.5 Å². The molecule has 0 fully saturated rings. The molecule has 0 aromatic heterocycles. The van der Waals surface area contributed by atoms with Crippen LogP contribution in [-0.2, 0) is 0 Å². The average Bonchev–Trinajstić information content (AvgIpc) is 2.84. The van der Waals surface area contributed by atoms with Gasteiger partial charge in [-0.15, -0.1) is 0 Å². The Morgan fingerprint density at radius 3 is 2.29 bits per heavy atom. The Kier molecular flexibility index (Phi) is 7.81. The van der Waals surface area contributed by atoms with E-state index in [-0.39, 0.29) is 41.0 Å². The Balaban J connectivity index is 1.89. The molecule has 0 radical (unpaired) electrons. The normalized spacial score (nSPS) is 11.3. The third-order valence-electron chi connectivity index (χ3n) is 5.09. The molecule has 0 saturated heterocycles. The van der Waals surface area contributed by atoms with Gasteiger partial charge in [0.25, 0.3) is 17.5 Å². The lowest BCUT2D eigenvalue weighted by atomic mass is 10.1. The lowest BCUT2D eigenvalue weighted by Gasteiger charge is -2.17. The highest BCUT2D eigenvalue weighted by Crippen LogP contribution is 2.35. The van der Waals surface area contributed by atoms with Crippen molar-refractivity contribution in [3.05, 3.63) is 93.5 Å². The van der Waals surface area contributed by atoms with E-state index in [4.69, 9.17) is 9.47 Å². The van der Waals surface area contributed by atoms with Crippen molar-refractivity contribution < 1.29 is 24.0 Å². The van der Waals surface area contributed by atoms with E-state index in [1.807, 2.05) is 37.3 Å². The van der Waals surface area contributed by atoms with Crippen LogP contribution in [0.4, 0.5) is 11.4 Å². The van der Waals surface area contributed by atoms with Gasteiger partial charge in [-0.25, -0.2) is 0 Å². The van der Waals surface area contributed by atoms with Crippen LogP contribution >= 0.6 is 0 Å². The maximum Gasteiger partial charge on any atom is 0.286 e. The van der Waals surface area contributed by atoms with Gasteiger partial charge in [0.1, 0.15) is 5.56 Å². The summed E-state index contributed by atoms with van der Waals surface area (Å²) in [6, 6.07) is 18.0. The Hall–Kier alpha value is -4.40. The van der Waals surface area contributed by atoms with E-state index in [1.165, 1.54) is 13.2 Å². The number of rotatable bonds is 9. The van der Waals surface area contributed by atoms with Crippen LogP contribution in [-0.4, -0.2) is 30.5 Å². The van der Waals surface area contributed by atoms with Crippen LogP contribution in [0.25, 0.3) is 0 Å². The molecule has 34 heavy (non-hydrogen) atoms. The smallest absolute Gasteiger partial charge is 0.286 e. The van der Waals surface area contributed by atoms with Crippen molar-refractivity contribution in [3.63, 3.8) is 0 Å². The number of nitrogens with zero attached hydrogens (tertiary/aromatic N) is 1. The minimum atomic E-state index is -0.760. The van der Waals surface area contributed by atoms with Crippen LogP contribution in [0.5, 0.6) is 11.5 Å². The molecule has 9 nitrogen and oxygen atoms in total. The second-order valence-corrected chi connectivity index (χ2v) is 7.32. The molecule has 2 N–H and O–H groups in total. The molecular weight excluding hydrogens is 438 g/mol. The molecule has 1 unspecified atom stereocenters. The summed E-state index contributed by atoms with van der Waals surface area (Å²) >= 11 is 0. The van der Waals surface area contributed by atoms with Gasteiger partial charge in [0.2, 0.25) is 0 Å². The largest absolute Gasteiger partial charge is 0.493 e. The molecule has 0 bridgehead atoms. The van der Waals surface area contributed by atoms with Crippen LogP contribution in [0.1, 0.15) is 46.2 Å². The van der Waals surface area contributed by atoms with Crippen molar-refractivity contribution in [2.24, 2.45) is 0 Å². The Labute approximate surface area is 196 Å². The SMILES string of the molecule is CCOc1cc([N+](=O)[O-])c(C(=O)Nc2ccccc2C(=O)NC(C)c2ccccc2)cc1OC. The lowest BCUT2D eigenvalue weighted by Crippen LogP contribution is -2.28. The number of methoxy groups -OCH3 is 1. The van der Waals surface area contributed by atoms with Crippen LogP contribution in [0.2, 0.25) is 0 Å². The molecule has 1 atom stereocenters. The first-order valence-electron chi connectivity index (χ1n) is 10.6. The standard InChI is InChI=1S/C25H25N3O6/c1-4-34-23-15-21(28(31)32)19(14-22(23)33-3)25(30)27-20-13-9-8-12-18(20)24(29)26-16(2)17-10-6-5-7-11-17/h5-16H,4H2,1-3H3,(H,26,29)(H,27,30). The van der Waals surface area contributed by atoms with Gasteiger partial charge < -0.3 is 20.1 Å². The highest BCUT2D eigenvalue weighted by Gasteiger charge is 2.26. The molecule has 0 spiro atoms. The highest BCUT2D eigenvalue weighted by molar-refractivity contribution is 6.11. The quantitative estimate of drug-likeness (QED) is 0.349. The van der Waals surface area contributed by atoms with E-state index in [0.29, 0.717) is 0 Å². The van der Waals surface area contributed by atoms with E-state index in [9.17, 15) is 19.7 Å². The van der Waals surface area contributed by atoms with Crippen molar-refractivity contribution in [1.29, 1.82) is 0 Å². The lowest BCUT2D eigenvalue weighted by molar-refractivity contribution is -0.385. The van der Waals surface area contributed by atoms with Gasteiger partial charge in [0.15, 0.2) is 11.5 Å². The summed E-state index contributed by atoms with van der Waals surface area (Å²) in [4.78, 5) is 37.0. The van der Waals surface area contributed by atoms with E-state index < -0.39 is 22.4 Å². The minimum Gasteiger partial charge on any atom is -0.493 e. The zero-order valence-corrected chi connectivity index (χ0v) is 19.0. The zero-order chi connectivity index (χ0) is 24.7. The molecule has 9 heteroatoms. The third kappa shape index (κ3) is 5.50. The molecule has 2 amide bonds. The van der Waals surface area contributed by atoms with Gasteiger partial charge in [0, 0.05) is 6.07 Å². The molecular formula is C25H25N3O6. The summed E-state index contributed by atoms with van der Waals surface area (Å²) in [5.74, 6) is -0.821. The monoisotopic (exact) mass is 463 g/mol. The van der Waals surface area contributed by atoms with Crippen molar-refractivity contribution >= 4 is 23.2 Å². The van der Waals surface area contributed by atoms with Crippen LogP contribution < -0.4 is 20.1 Å². The number of benzene rings is 3. The van der Waals surface area contributed by atoms with E-state index in [2.05, 4.69) is 10.6 Å². The maximum absolute atomic E-state index is 13.1. The molecule has 3 aromatic carbocycles. The summed E-state index contributed by atoms with van der Waals surface area (Å²) in [5, 5.41) is 17.1. The number of anilines is 1. The molecule has 0 heterocycles. The van der Waals surface area contributed by atoms with E-state index in [0.717, 1.165) is 11.6 Å². The number of hydrogen-bond donors (Lipinski definition) is 2. The predicted octanol–water partition coefficient (Wildman–Crippen LogP) is 4.75. The summed E-state index contributed by atoms with van der Waals surface area (Å²) in [6.07, 6.45) is 0. The molecule has 0 aliphatic rings. The van der Waals surface area contributed by atoms with Crippen molar-refractivity contribution in [2.45, 2.75) is 19.9 Å². The fourth-order valence-corrected chi connectivity index (χ4v) is 3.39. The number of carbonyl (C=O) groups is 2. The van der Waals surface area contributed by atoms with Gasteiger partial charge in [-0.1, -0.05) is 42.5 Å². The number of nitrogens with one attached hydrogen (secondary N) is 2. The Morgan fingerprint density at radius 2 is 1.65 bits per heavy atom. The Bertz CT molecular complexity index is 1200. The maximum atomic E-state index is 13.1. The number of amides is 2. The fourth-order valence-electron chi connectivity index (χ4n) is 3.39. The summed E-state index contributed by atoms with van der Waals surface area (Å²) in [5.41, 5.74) is 0.695. The second kappa shape index (κ2) is 11.0. The minimum absolute atomic E-state index is 0.155. The molecule has 3 rings (SSSR count). The van der Waals surface area contributed by atoms with Crippen molar-refractivity contribution in [2.75, 3.05) is 19.0 Å². The summed E-state index contributed by atoms with van der Waals surface area (Å²) in [7, 11) is 1.37. The number of nitro benzene ring substituents is 1. The average molecular weight is 463 g/mol. The number of carbonyl (C=O) groups excluding carboxylic acids is 2. The summed E-state index contributed by atoms with van der Waals surface area (Å²) in [6.45, 7) is 3.85. The summed E-state index contributed by atoms with van der Waals surface area (Å²) < 4.78 is 10.6. The Morgan fingerprint density at radius 1 is 0.971 bits per heavy atom. The predicted molar refractivity (Wildman–Crippen MR) is 128 cm³/mol. The topological polar surface area (TPSA) is 120 Å². The first kappa shape index (κ1) is 24.2. The van der Waals surface area contributed by atoms with Crippen LogP contribution in [0.3, 0.4) is 0 Å². The number of hydrogen-bond acceptors (Lipinski definition) is 6. The van der Waals surface area contributed by atoms with E-state index in [1.54, 1.807) is 31.2 Å². The number of para-hydroxylation sites is 1. The zero-order valence-electron chi connectivity index (χ0n) is 19.0. The number of nitro groups is 1. The van der Waals surface area contributed by atoms with Gasteiger partial charge in [0.05, 0.1) is 42.0 Å². The third-order valence-corrected chi connectivity index (χ3v) is 5.09. The molecule has 0 aliphatic carbocycles. The van der Waals surface area contributed by atoms with Crippen LogP contribution in [0.15, 0.2) is 66.7 Å². The van der Waals surface area contributed by atoms with Gasteiger partial charge in [-0.05, 0) is 31.5 Å². The molecule has 3 aromatic rings. The number of ether oxygens (including phenoxy) is 2. The van der Waals surface area contributed by atoms with Crippen LogP contribution in [0, 0.1) is 10.1 Å². The molecule has 0 saturated carbocycles. The van der Waals surface area contributed by atoms with Gasteiger partial charge in [-0.2, -0.15) is 0 Å².